The first-order valence-electron chi connectivity index (χ1n) is 4.71. The number of rotatable bonds is 4. The summed E-state index contributed by atoms with van der Waals surface area (Å²) in [6.45, 7) is 4.46. The van der Waals surface area contributed by atoms with Crippen LogP contribution in [0.4, 0.5) is 0 Å². The first-order valence-corrected chi connectivity index (χ1v) is 4.71. The third kappa shape index (κ3) is 3.01. The highest BCUT2D eigenvalue weighted by Gasteiger charge is 2.04. The number of aliphatic hydroxyl groups excluding tert-OH is 1. The van der Waals surface area contributed by atoms with Crippen LogP contribution in [0.3, 0.4) is 0 Å². The highest BCUT2D eigenvalue weighted by Crippen LogP contribution is 2.18. The quantitative estimate of drug-likeness (QED) is 0.753. The summed E-state index contributed by atoms with van der Waals surface area (Å²) >= 11 is 0. The largest absolute Gasteiger partial charge is 0.491 e. The van der Waals surface area contributed by atoms with Gasteiger partial charge in [-0.25, -0.2) is 0 Å². The Labute approximate surface area is 84.5 Å². The van der Waals surface area contributed by atoms with Crippen LogP contribution in [-0.4, -0.2) is 24.4 Å². The molecule has 0 saturated carbocycles. The summed E-state index contributed by atoms with van der Waals surface area (Å²) in [4.78, 5) is 0. The van der Waals surface area contributed by atoms with Gasteiger partial charge in [-0.2, -0.15) is 0 Å². The van der Waals surface area contributed by atoms with Crippen molar-refractivity contribution in [3.05, 3.63) is 29.3 Å². The molecule has 0 amide bonds. The van der Waals surface area contributed by atoms with Crippen molar-refractivity contribution >= 4 is 0 Å². The van der Waals surface area contributed by atoms with Gasteiger partial charge in [0.1, 0.15) is 18.5 Å². The highest BCUT2D eigenvalue weighted by molar-refractivity contribution is 5.35. The lowest BCUT2D eigenvalue weighted by Gasteiger charge is -2.12. The van der Waals surface area contributed by atoms with Gasteiger partial charge in [0.2, 0.25) is 0 Å². The standard InChI is InChI=1S/C11H17NO2/c1-8-3-4-9(2)11(5-8)14-7-10(13)6-12/h3-5,10,13H,6-7,12H2,1-2H3. The Kier molecular flexibility index (Phi) is 3.92. The van der Waals surface area contributed by atoms with Crippen molar-refractivity contribution in [2.75, 3.05) is 13.2 Å². The molecular weight excluding hydrogens is 178 g/mol. The summed E-state index contributed by atoms with van der Waals surface area (Å²) in [5.74, 6) is 0.817. The van der Waals surface area contributed by atoms with E-state index in [2.05, 4.69) is 0 Å². The third-order valence-corrected chi connectivity index (χ3v) is 2.05. The zero-order valence-corrected chi connectivity index (χ0v) is 8.66. The van der Waals surface area contributed by atoms with Crippen LogP contribution in [0.25, 0.3) is 0 Å². The maximum Gasteiger partial charge on any atom is 0.122 e. The molecule has 0 saturated heterocycles. The lowest BCUT2D eigenvalue weighted by Crippen LogP contribution is -2.26. The minimum Gasteiger partial charge on any atom is -0.491 e. The lowest BCUT2D eigenvalue weighted by atomic mass is 10.1. The Morgan fingerprint density at radius 2 is 2.14 bits per heavy atom. The van der Waals surface area contributed by atoms with E-state index in [4.69, 9.17) is 10.5 Å². The van der Waals surface area contributed by atoms with Gasteiger partial charge in [-0.1, -0.05) is 12.1 Å². The Hall–Kier alpha value is -1.06. The fraction of sp³-hybridized carbons (Fsp3) is 0.455. The maximum absolute atomic E-state index is 9.23. The zero-order chi connectivity index (χ0) is 10.6. The average molecular weight is 195 g/mol. The summed E-state index contributed by atoms with van der Waals surface area (Å²) in [6.07, 6.45) is -0.588. The van der Waals surface area contributed by atoms with Gasteiger partial charge in [0.05, 0.1) is 0 Å². The van der Waals surface area contributed by atoms with Crippen molar-refractivity contribution < 1.29 is 9.84 Å². The summed E-state index contributed by atoms with van der Waals surface area (Å²) in [7, 11) is 0. The first kappa shape index (κ1) is 11.0. The molecule has 0 radical (unpaired) electrons. The summed E-state index contributed by atoms with van der Waals surface area (Å²) in [6, 6.07) is 5.99. The van der Waals surface area contributed by atoms with Crippen LogP contribution >= 0.6 is 0 Å². The first-order chi connectivity index (χ1) is 6.63. The lowest BCUT2D eigenvalue weighted by molar-refractivity contribution is 0.114. The Balaban J connectivity index is 2.62. The van der Waals surface area contributed by atoms with Crippen molar-refractivity contribution in [1.82, 2.24) is 0 Å². The zero-order valence-electron chi connectivity index (χ0n) is 8.66. The number of ether oxygens (including phenoxy) is 1. The van der Waals surface area contributed by atoms with Gasteiger partial charge in [0.15, 0.2) is 0 Å². The molecule has 3 nitrogen and oxygen atoms in total. The molecule has 1 unspecified atom stereocenters. The molecular formula is C11H17NO2. The molecule has 3 N–H and O–H groups in total. The predicted octanol–water partition coefficient (Wildman–Crippen LogP) is 1.00. The molecule has 0 aliphatic carbocycles. The van der Waals surface area contributed by atoms with E-state index in [1.807, 2.05) is 32.0 Å². The molecule has 3 heteroatoms. The topological polar surface area (TPSA) is 55.5 Å². The van der Waals surface area contributed by atoms with Gasteiger partial charge in [-0.05, 0) is 31.0 Å². The van der Waals surface area contributed by atoms with Crippen LogP contribution in [0.15, 0.2) is 18.2 Å². The van der Waals surface area contributed by atoms with E-state index in [-0.39, 0.29) is 13.2 Å². The Bertz CT molecular complexity index is 299. The third-order valence-electron chi connectivity index (χ3n) is 2.05. The van der Waals surface area contributed by atoms with Crippen molar-refractivity contribution in [2.24, 2.45) is 5.73 Å². The highest BCUT2D eigenvalue weighted by atomic mass is 16.5. The number of hydrogen-bond donors (Lipinski definition) is 2. The van der Waals surface area contributed by atoms with Gasteiger partial charge in [-0.3, -0.25) is 0 Å². The summed E-state index contributed by atoms with van der Waals surface area (Å²) in [5, 5.41) is 9.23. The second kappa shape index (κ2) is 4.98. The molecule has 0 aliphatic heterocycles. The minimum atomic E-state index is -0.588. The van der Waals surface area contributed by atoms with E-state index >= 15 is 0 Å². The second-order valence-electron chi connectivity index (χ2n) is 3.47. The summed E-state index contributed by atoms with van der Waals surface area (Å²) < 4.78 is 5.44. The normalized spacial score (nSPS) is 12.6. The van der Waals surface area contributed by atoms with E-state index in [0.717, 1.165) is 16.9 Å². The second-order valence-corrected chi connectivity index (χ2v) is 3.47. The van der Waals surface area contributed by atoms with Crippen molar-refractivity contribution in [1.29, 1.82) is 0 Å². The van der Waals surface area contributed by atoms with Crippen LogP contribution in [0.1, 0.15) is 11.1 Å². The van der Waals surface area contributed by atoms with Gasteiger partial charge >= 0.3 is 0 Å². The molecule has 0 bridgehead atoms. The predicted molar refractivity (Wildman–Crippen MR) is 56.5 cm³/mol. The van der Waals surface area contributed by atoms with E-state index in [1.54, 1.807) is 0 Å². The van der Waals surface area contributed by atoms with Crippen LogP contribution in [0.5, 0.6) is 5.75 Å². The van der Waals surface area contributed by atoms with Crippen molar-refractivity contribution in [2.45, 2.75) is 20.0 Å². The van der Waals surface area contributed by atoms with Gasteiger partial charge in [0.25, 0.3) is 0 Å². The number of hydrogen-bond acceptors (Lipinski definition) is 3. The molecule has 0 aromatic heterocycles. The number of benzene rings is 1. The van der Waals surface area contributed by atoms with E-state index < -0.39 is 6.10 Å². The molecule has 78 valence electrons. The molecule has 14 heavy (non-hydrogen) atoms. The molecule has 0 aliphatic rings. The molecule has 0 spiro atoms. The Morgan fingerprint density at radius 1 is 1.43 bits per heavy atom. The van der Waals surface area contributed by atoms with Crippen LogP contribution in [0.2, 0.25) is 0 Å². The maximum atomic E-state index is 9.23. The fourth-order valence-electron chi connectivity index (χ4n) is 1.12. The molecule has 0 heterocycles. The van der Waals surface area contributed by atoms with Crippen LogP contribution < -0.4 is 10.5 Å². The van der Waals surface area contributed by atoms with E-state index in [0.29, 0.717) is 0 Å². The van der Waals surface area contributed by atoms with Gasteiger partial charge in [-0.15, -0.1) is 0 Å². The van der Waals surface area contributed by atoms with Gasteiger partial charge < -0.3 is 15.6 Å². The summed E-state index contributed by atoms with van der Waals surface area (Å²) in [5.41, 5.74) is 7.49. The Morgan fingerprint density at radius 3 is 2.79 bits per heavy atom. The van der Waals surface area contributed by atoms with E-state index in [9.17, 15) is 5.11 Å². The number of aliphatic hydroxyl groups is 1. The SMILES string of the molecule is Cc1ccc(C)c(OCC(O)CN)c1. The molecule has 0 fully saturated rings. The van der Waals surface area contributed by atoms with Crippen molar-refractivity contribution in [3.63, 3.8) is 0 Å². The molecule has 1 aromatic rings. The fourth-order valence-corrected chi connectivity index (χ4v) is 1.12. The van der Waals surface area contributed by atoms with Crippen molar-refractivity contribution in [3.8, 4) is 5.75 Å². The van der Waals surface area contributed by atoms with E-state index in [1.165, 1.54) is 0 Å². The average Bonchev–Trinajstić information content (AvgIpc) is 2.19. The monoisotopic (exact) mass is 195 g/mol. The smallest absolute Gasteiger partial charge is 0.122 e. The molecule has 1 rings (SSSR count). The van der Waals surface area contributed by atoms with Crippen LogP contribution in [-0.2, 0) is 0 Å². The minimum absolute atomic E-state index is 0.227. The van der Waals surface area contributed by atoms with Gasteiger partial charge in [0, 0.05) is 6.54 Å². The molecule has 1 aromatic carbocycles. The molecule has 1 atom stereocenters. The number of nitrogens with two attached hydrogens (primary N) is 1. The van der Waals surface area contributed by atoms with Crippen LogP contribution in [0, 0.1) is 13.8 Å². The number of aryl methyl sites for hydroxylation is 2.